The van der Waals surface area contributed by atoms with Gasteiger partial charge in [-0.25, -0.2) is 4.98 Å². The third kappa shape index (κ3) is 2.98. The van der Waals surface area contributed by atoms with Crippen LogP contribution >= 0.6 is 22.9 Å². The number of nitrogens with one attached hydrogen (secondary N) is 1. The van der Waals surface area contributed by atoms with Crippen molar-refractivity contribution in [3.63, 3.8) is 0 Å². The molecule has 0 aliphatic rings. The zero-order chi connectivity index (χ0) is 15.0. The molecule has 3 rings (SSSR count). The van der Waals surface area contributed by atoms with E-state index in [0.717, 1.165) is 22.2 Å². The molecule has 0 bridgehead atoms. The fourth-order valence-electron chi connectivity index (χ4n) is 2.44. The molecule has 1 aromatic carbocycles. The Bertz CT molecular complexity index is 758. The van der Waals surface area contributed by atoms with Gasteiger partial charge in [-0.15, -0.1) is 11.3 Å². The van der Waals surface area contributed by atoms with Crippen molar-refractivity contribution in [2.75, 3.05) is 0 Å². The quantitative estimate of drug-likeness (QED) is 0.766. The van der Waals surface area contributed by atoms with E-state index in [4.69, 9.17) is 11.6 Å². The maximum absolute atomic E-state index is 5.93. The predicted molar refractivity (Wildman–Crippen MR) is 89.2 cm³/mol. The second-order valence-corrected chi connectivity index (χ2v) is 6.94. The zero-order valence-corrected chi connectivity index (χ0v) is 13.9. The van der Waals surface area contributed by atoms with Crippen LogP contribution < -0.4 is 5.32 Å². The molecule has 1 N–H and O–H groups in total. The van der Waals surface area contributed by atoms with Gasteiger partial charge in [-0.3, -0.25) is 4.40 Å². The lowest BCUT2D eigenvalue weighted by Crippen LogP contribution is -2.19. The van der Waals surface area contributed by atoms with E-state index in [0.29, 0.717) is 0 Å². The Balaban J connectivity index is 1.76. The standard InChI is InChI=1S/C16H18ClN3S/c1-10-9-20-15(12(3)19-16(20)21-10)8-18-11(2)13-4-6-14(17)7-5-13/h4-7,9,11,18H,8H2,1-3H3. The summed E-state index contributed by atoms with van der Waals surface area (Å²) < 4.78 is 2.19. The summed E-state index contributed by atoms with van der Waals surface area (Å²) in [4.78, 5) is 6.97. The summed E-state index contributed by atoms with van der Waals surface area (Å²) in [5, 5.41) is 4.34. The van der Waals surface area contributed by atoms with Gasteiger partial charge in [0.2, 0.25) is 0 Å². The Labute approximate surface area is 133 Å². The lowest BCUT2D eigenvalue weighted by Gasteiger charge is -2.14. The summed E-state index contributed by atoms with van der Waals surface area (Å²) in [6.07, 6.45) is 2.16. The average Bonchev–Trinajstić information content (AvgIpc) is 2.92. The van der Waals surface area contributed by atoms with Crippen molar-refractivity contribution < 1.29 is 0 Å². The number of aromatic nitrogens is 2. The molecule has 2 aromatic heterocycles. The van der Waals surface area contributed by atoms with E-state index >= 15 is 0 Å². The summed E-state index contributed by atoms with van der Waals surface area (Å²) in [7, 11) is 0. The first-order chi connectivity index (χ1) is 10.0. The van der Waals surface area contributed by atoms with Gasteiger partial charge in [0.05, 0.1) is 11.4 Å². The van der Waals surface area contributed by atoms with Gasteiger partial charge >= 0.3 is 0 Å². The fourth-order valence-corrected chi connectivity index (χ4v) is 3.46. The zero-order valence-electron chi connectivity index (χ0n) is 12.4. The summed E-state index contributed by atoms with van der Waals surface area (Å²) in [6, 6.07) is 8.26. The molecule has 3 nitrogen and oxygen atoms in total. The summed E-state index contributed by atoms with van der Waals surface area (Å²) in [5.41, 5.74) is 3.56. The van der Waals surface area contributed by atoms with E-state index in [9.17, 15) is 0 Å². The highest BCUT2D eigenvalue weighted by atomic mass is 35.5. The number of nitrogens with zero attached hydrogens (tertiary/aromatic N) is 2. The Morgan fingerprint density at radius 2 is 2.00 bits per heavy atom. The maximum atomic E-state index is 5.93. The normalized spacial score (nSPS) is 13.0. The van der Waals surface area contributed by atoms with Crippen LogP contribution in [-0.2, 0) is 6.54 Å². The van der Waals surface area contributed by atoms with Crippen LogP contribution in [-0.4, -0.2) is 9.38 Å². The van der Waals surface area contributed by atoms with E-state index < -0.39 is 0 Å². The first kappa shape index (κ1) is 14.6. The molecule has 110 valence electrons. The minimum Gasteiger partial charge on any atom is -0.305 e. The molecule has 0 spiro atoms. The highest BCUT2D eigenvalue weighted by Crippen LogP contribution is 2.22. The van der Waals surface area contributed by atoms with E-state index in [1.807, 2.05) is 12.1 Å². The highest BCUT2D eigenvalue weighted by molar-refractivity contribution is 7.17. The first-order valence-electron chi connectivity index (χ1n) is 6.97. The summed E-state index contributed by atoms with van der Waals surface area (Å²) >= 11 is 7.66. The third-order valence-electron chi connectivity index (χ3n) is 3.69. The van der Waals surface area contributed by atoms with Crippen LogP contribution in [0.15, 0.2) is 30.5 Å². The van der Waals surface area contributed by atoms with Crippen LogP contribution in [0.25, 0.3) is 4.96 Å². The van der Waals surface area contributed by atoms with E-state index in [1.165, 1.54) is 16.1 Å². The number of halogens is 1. The Morgan fingerprint density at radius 1 is 1.29 bits per heavy atom. The van der Waals surface area contributed by atoms with Crippen LogP contribution in [0.3, 0.4) is 0 Å². The highest BCUT2D eigenvalue weighted by Gasteiger charge is 2.12. The number of imidazole rings is 1. The number of fused-ring (bicyclic) bond motifs is 1. The molecule has 2 heterocycles. The molecule has 0 fully saturated rings. The van der Waals surface area contributed by atoms with Crippen molar-refractivity contribution in [2.24, 2.45) is 0 Å². The van der Waals surface area contributed by atoms with Gasteiger partial charge in [0, 0.05) is 28.7 Å². The minimum absolute atomic E-state index is 0.270. The van der Waals surface area contributed by atoms with Gasteiger partial charge in [0.25, 0.3) is 0 Å². The van der Waals surface area contributed by atoms with E-state index in [-0.39, 0.29) is 6.04 Å². The molecule has 5 heteroatoms. The molecule has 21 heavy (non-hydrogen) atoms. The topological polar surface area (TPSA) is 29.3 Å². The van der Waals surface area contributed by atoms with Crippen molar-refractivity contribution >= 4 is 27.9 Å². The maximum Gasteiger partial charge on any atom is 0.194 e. The van der Waals surface area contributed by atoms with E-state index in [1.54, 1.807) is 11.3 Å². The minimum atomic E-state index is 0.270. The van der Waals surface area contributed by atoms with Crippen molar-refractivity contribution in [2.45, 2.75) is 33.4 Å². The van der Waals surface area contributed by atoms with Gasteiger partial charge in [0.1, 0.15) is 0 Å². The van der Waals surface area contributed by atoms with Crippen LogP contribution in [0.2, 0.25) is 5.02 Å². The monoisotopic (exact) mass is 319 g/mol. The number of hydrogen-bond acceptors (Lipinski definition) is 3. The number of thiazole rings is 1. The molecule has 0 aliphatic heterocycles. The van der Waals surface area contributed by atoms with E-state index in [2.05, 4.69) is 53.8 Å². The lowest BCUT2D eigenvalue weighted by molar-refractivity contribution is 0.564. The molecule has 0 aliphatic carbocycles. The van der Waals surface area contributed by atoms with Crippen LogP contribution in [0.4, 0.5) is 0 Å². The first-order valence-corrected chi connectivity index (χ1v) is 8.17. The fraction of sp³-hybridized carbons (Fsp3) is 0.312. The number of rotatable bonds is 4. The average molecular weight is 320 g/mol. The molecule has 0 radical (unpaired) electrons. The molecular formula is C16H18ClN3S. The number of aryl methyl sites for hydroxylation is 2. The SMILES string of the molecule is Cc1cn2c(CNC(C)c3ccc(Cl)cc3)c(C)nc2s1. The number of benzene rings is 1. The molecule has 1 unspecified atom stereocenters. The molecule has 1 atom stereocenters. The van der Waals surface area contributed by atoms with Crippen LogP contribution in [0, 0.1) is 13.8 Å². The lowest BCUT2D eigenvalue weighted by atomic mass is 10.1. The van der Waals surface area contributed by atoms with Crippen LogP contribution in [0.1, 0.15) is 34.8 Å². The van der Waals surface area contributed by atoms with Crippen LogP contribution in [0.5, 0.6) is 0 Å². The molecule has 0 saturated heterocycles. The second kappa shape index (κ2) is 5.79. The smallest absolute Gasteiger partial charge is 0.194 e. The molecular weight excluding hydrogens is 302 g/mol. The van der Waals surface area contributed by atoms with Crippen molar-refractivity contribution in [3.05, 3.63) is 57.3 Å². The summed E-state index contributed by atoms with van der Waals surface area (Å²) in [5.74, 6) is 0. The van der Waals surface area contributed by atoms with Gasteiger partial charge in [-0.2, -0.15) is 0 Å². The molecule has 0 saturated carbocycles. The molecule has 3 aromatic rings. The summed E-state index contributed by atoms with van der Waals surface area (Å²) in [6.45, 7) is 7.14. The van der Waals surface area contributed by atoms with Gasteiger partial charge in [0.15, 0.2) is 4.96 Å². The van der Waals surface area contributed by atoms with Gasteiger partial charge < -0.3 is 5.32 Å². The second-order valence-electron chi connectivity index (χ2n) is 5.29. The van der Waals surface area contributed by atoms with Crippen molar-refractivity contribution in [1.29, 1.82) is 0 Å². The number of hydrogen-bond donors (Lipinski definition) is 1. The third-order valence-corrected chi connectivity index (χ3v) is 4.84. The Kier molecular flexibility index (Phi) is 4.02. The Morgan fingerprint density at radius 3 is 2.71 bits per heavy atom. The Hall–Kier alpha value is -1.36. The van der Waals surface area contributed by atoms with Gasteiger partial charge in [-0.05, 0) is 38.5 Å². The van der Waals surface area contributed by atoms with Gasteiger partial charge in [-0.1, -0.05) is 23.7 Å². The van der Waals surface area contributed by atoms with Crippen molar-refractivity contribution in [3.8, 4) is 0 Å². The molecule has 0 amide bonds. The largest absolute Gasteiger partial charge is 0.305 e. The predicted octanol–water partition coefficient (Wildman–Crippen LogP) is 4.52. The van der Waals surface area contributed by atoms with Crippen molar-refractivity contribution in [1.82, 2.24) is 14.7 Å².